The van der Waals surface area contributed by atoms with Gasteiger partial charge in [-0.2, -0.15) is 0 Å². The summed E-state index contributed by atoms with van der Waals surface area (Å²) >= 11 is 6.09. The lowest BCUT2D eigenvalue weighted by Gasteiger charge is -2.39. The van der Waals surface area contributed by atoms with Crippen molar-refractivity contribution in [3.63, 3.8) is 0 Å². The largest absolute Gasteiger partial charge is 0.490 e. The van der Waals surface area contributed by atoms with E-state index in [9.17, 15) is 14.3 Å². The molecule has 2 aromatic carbocycles. The molecule has 0 bridgehead atoms. The van der Waals surface area contributed by atoms with E-state index in [1.54, 1.807) is 0 Å². The fraction of sp³-hybridized carbons (Fsp3) is 0.409. The van der Waals surface area contributed by atoms with Gasteiger partial charge in [-0.1, -0.05) is 11.6 Å². The van der Waals surface area contributed by atoms with Gasteiger partial charge in [0.2, 0.25) is 0 Å². The predicted octanol–water partition coefficient (Wildman–Crippen LogP) is 3.39. The van der Waals surface area contributed by atoms with E-state index in [1.165, 1.54) is 6.07 Å². The molecule has 1 fully saturated rings. The number of aliphatic hydroxyl groups excluding tert-OH is 1. The van der Waals surface area contributed by atoms with Gasteiger partial charge < -0.3 is 24.6 Å². The van der Waals surface area contributed by atoms with Crippen LogP contribution < -0.4 is 9.47 Å². The van der Waals surface area contributed by atoms with Crippen LogP contribution in [0.15, 0.2) is 36.4 Å². The zero-order valence-electron chi connectivity index (χ0n) is 16.3. The Bertz CT molecular complexity index is 945. The van der Waals surface area contributed by atoms with Gasteiger partial charge in [0.25, 0.3) is 0 Å². The quantitative estimate of drug-likeness (QED) is 0.724. The van der Waals surface area contributed by atoms with Gasteiger partial charge in [-0.3, -0.25) is 0 Å². The summed E-state index contributed by atoms with van der Waals surface area (Å²) in [5.41, 5.74) is 0.660. The monoisotopic (exact) mass is 435 g/mol. The molecule has 30 heavy (non-hydrogen) atoms. The van der Waals surface area contributed by atoms with E-state index in [4.69, 9.17) is 26.2 Å². The van der Waals surface area contributed by atoms with Gasteiger partial charge in [0.05, 0.1) is 0 Å². The molecule has 0 unspecified atom stereocenters. The van der Waals surface area contributed by atoms with E-state index in [-0.39, 0.29) is 23.5 Å². The molecule has 0 amide bonds. The normalized spacial score (nSPS) is 18.6. The van der Waals surface area contributed by atoms with E-state index in [2.05, 4.69) is 4.90 Å². The predicted molar refractivity (Wildman–Crippen MR) is 109 cm³/mol. The number of fused-ring (bicyclic) bond motifs is 1. The van der Waals surface area contributed by atoms with Crippen molar-refractivity contribution in [3.8, 4) is 11.5 Å². The number of carboxylic acids is 1. The summed E-state index contributed by atoms with van der Waals surface area (Å²) in [5.74, 6) is -0.994. The van der Waals surface area contributed by atoms with Crippen molar-refractivity contribution >= 4 is 17.6 Å². The number of hydrogen-bond acceptors (Lipinski definition) is 5. The zero-order chi connectivity index (χ0) is 21.3. The van der Waals surface area contributed by atoms with Gasteiger partial charge in [-0.05, 0) is 42.0 Å². The highest BCUT2D eigenvalue weighted by molar-refractivity contribution is 6.30. The van der Waals surface area contributed by atoms with Crippen LogP contribution >= 0.6 is 11.6 Å². The van der Waals surface area contributed by atoms with Gasteiger partial charge in [0.15, 0.2) is 0 Å². The Labute approximate surface area is 178 Å². The second-order valence-electron chi connectivity index (χ2n) is 7.92. The SMILES string of the molecule is O=C(O)c1cc(F)ccc1OC[C@H](O)CN1CCC2(CC1)Cc1cc(Cl)ccc1O2. The number of piperidine rings is 1. The summed E-state index contributed by atoms with van der Waals surface area (Å²) in [6.07, 6.45) is 1.72. The van der Waals surface area contributed by atoms with Crippen molar-refractivity contribution in [2.24, 2.45) is 0 Å². The smallest absolute Gasteiger partial charge is 0.339 e. The third-order valence-electron chi connectivity index (χ3n) is 5.70. The highest BCUT2D eigenvalue weighted by atomic mass is 35.5. The number of carboxylic acid groups (broad SMARTS) is 1. The third-order valence-corrected chi connectivity index (χ3v) is 5.94. The Morgan fingerprint density at radius 2 is 2.03 bits per heavy atom. The van der Waals surface area contributed by atoms with Crippen LogP contribution in [0.4, 0.5) is 4.39 Å². The first kappa shape index (κ1) is 20.9. The van der Waals surface area contributed by atoms with Crippen molar-refractivity contribution in [2.45, 2.75) is 31.0 Å². The zero-order valence-corrected chi connectivity index (χ0v) is 17.1. The van der Waals surface area contributed by atoms with E-state index >= 15 is 0 Å². The molecular weight excluding hydrogens is 413 g/mol. The lowest BCUT2D eigenvalue weighted by atomic mass is 9.87. The maximum absolute atomic E-state index is 13.3. The Morgan fingerprint density at radius 3 is 2.77 bits per heavy atom. The molecule has 0 saturated carbocycles. The van der Waals surface area contributed by atoms with Crippen molar-refractivity contribution in [2.75, 3.05) is 26.2 Å². The third kappa shape index (κ3) is 4.53. The maximum Gasteiger partial charge on any atom is 0.339 e. The van der Waals surface area contributed by atoms with Crippen LogP contribution in [0, 0.1) is 5.82 Å². The highest BCUT2D eigenvalue weighted by Crippen LogP contribution is 2.41. The van der Waals surface area contributed by atoms with E-state index in [0.717, 1.165) is 55.8 Å². The average molecular weight is 436 g/mol. The van der Waals surface area contributed by atoms with Crippen LogP contribution in [0.5, 0.6) is 11.5 Å². The summed E-state index contributed by atoms with van der Waals surface area (Å²) in [6, 6.07) is 9.01. The molecule has 0 aliphatic carbocycles. The molecule has 1 saturated heterocycles. The Balaban J connectivity index is 1.27. The summed E-state index contributed by atoms with van der Waals surface area (Å²) < 4.78 is 24.9. The highest BCUT2D eigenvalue weighted by Gasteiger charge is 2.42. The van der Waals surface area contributed by atoms with Crippen molar-refractivity contribution in [1.29, 1.82) is 0 Å². The average Bonchev–Trinajstić information content (AvgIpc) is 3.05. The number of hydrogen-bond donors (Lipinski definition) is 2. The van der Waals surface area contributed by atoms with Crippen molar-refractivity contribution in [3.05, 3.63) is 58.4 Å². The molecule has 160 valence electrons. The first-order valence-corrected chi connectivity index (χ1v) is 10.2. The fourth-order valence-corrected chi connectivity index (χ4v) is 4.35. The second-order valence-corrected chi connectivity index (χ2v) is 8.36. The molecule has 2 heterocycles. The molecule has 8 heteroatoms. The van der Waals surface area contributed by atoms with E-state index < -0.39 is 17.9 Å². The summed E-state index contributed by atoms with van der Waals surface area (Å²) in [4.78, 5) is 13.4. The van der Waals surface area contributed by atoms with Crippen LogP contribution in [0.3, 0.4) is 0 Å². The summed E-state index contributed by atoms with van der Waals surface area (Å²) in [5, 5.41) is 20.2. The summed E-state index contributed by atoms with van der Waals surface area (Å²) in [7, 11) is 0. The van der Waals surface area contributed by atoms with Crippen LogP contribution in [-0.4, -0.2) is 59.0 Å². The van der Waals surface area contributed by atoms with Crippen molar-refractivity contribution in [1.82, 2.24) is 4.90 Å². The molecule has 2 aliphatic rings. The lowest BCUT2D eigenvalue weighted by Crippen LogP contribution is -2.49. The number of aliphatic hydroxyl groups is 1. The molecule has 2 aliphatic heterocycles. The minimum absolute atomic E-state index is 0.0383. The molecule has 1 spiro atoms. The number of nitrogens with zero attached hydrogens (tertiary/aromatic N) is 1. The Morgan fingerprint density at radius 1 is 1.27 bits per heavy atom. The van der Waals surface area contributed by atoms with Crippen molar-refractivity contribution < 1.29 is 28.9 Å². The number of benzene rings is 2. The van der Waals surface area contributed by atoms with E-state index in [1.807, 2.05) is 18.2 Å². The first-order chi connectivity index (χ1) is 14.3. The first-order valence-electron chi connectivity index (χ1n) is 9.87. The number of rotatable bonds is 6. The maximum atomic E-state index is 13.3. The number of aromatic carboxylic acids is 1. The van der Waals surface area contributed by atoms with Crippen LogP contribution in [0.1, 0.15) is 28.8 Å². The second kappa shape index (κ2) is 8.41. The van der Waals surface area contributed by atoms with Gasteiger partial charge in [0.1, 0.15) is 41.2 Å². The van der Waals surface area contributed by atoms with Crippen LogP contribution in [-0.2, 0) is 6.42 Å². The number of ether oxygens (including phenoxy) is 2. The fourth-order valence-electron chi connectivity index (χ4n) is 4.16. The lowest BCUT2D eigenvalue weighted by molar-refractivity contribution is -0.00203. The molecule has 0 radical (unpaired) electrons. The Hall–Kier alpha value is -2.35. The Kier molecular flexibility index (Phi) is 5.86. The van der Waals surface area contributed by atoms with Gasteiger partial charge >= 0.3 is 5.97 Å². The van der Waals surface area contributed by atoms with E-state index in [0.29, 0.717) is 11.6 Å². The molecule has 0 aromatic heterocycles. The van der Waals surface area contributed by atoms with Crippen LogP contribution in [0.2, 0.25) is 5.02 Å². The molecule has 2 N–H and O–H groups in total. The number of halogens is 2. The molecule has 6 nitrogen and oxygen atoms in total. The molecular formula is C22H23ClFNO5. The van der Waals surface area contributed by atoms with Gasteiger partial charge in [-0.15, -0.1) is 0 Å². The number of likely N-dealkylation sites (tertiary alicyclic amines) is 1. The topological polar surface area (TPSA) is 79.2 Å². The number of β-amino-alcohol motifs (C(OH)–C–C–N with tert-alkyl or cyclic N) is 1. The van der Waals surface area contributed by atoms with Gasteiger partial charge in [-0.25, -0.2) is 9.18 Å². The van der Waals surface area contributed by atoms with Gasteiger partial charge in [0, 0.05) is 43.9 Å². The molecule has 4 rings (SSSR count). The minimum Gasteiger partial charge on any atom is -0.490 e. The molecule has 1 atom stereocenters. The number of carbonyl (C=O) groups is 1. The van der Waals surface area contributed by atoms with Crippen LogP contribution in [0.25, 0.3) is 0 Å². The standard InChI is InChI=1S/C22H23ClFNO5/c23-15-1-3-19-14(9-15)11-22(30-19)5-7-25(8-6-22)12-17(26)13-29-20-4-2-16(24)10-18(20)21(27)28/h1-4,9-10,17,26H,5-8,11-13H2,(H,27,28)/t17-/m1/s1. The minimum atomic E-state index is -1.28. The molecule has 2 aromatic rings. The summed E-state index contributed by atoms with van der Waals surface area (Å²) in [6.45, 7) is 1.87.